The number of Topliss-reactive ketones (excluding diaryl/α,β-unsaturated/α-hetero) is 1. The Hall–Kier alpha value is -3.11. The fraction of sp³-hybridized carbons (Fsp3) is 0.368. The summed E-state index contributed by atoms with van der Waals surface area (Å²) in [6, 6.07) is 2.45. The Morgan fingerprint density at radius 3 is 2.63 bits per heavy atom. The van der Waals surface area contributed by atoms with Crippen molar-refractivity contribution < 1.29 is 31.5 Å². The van der Waals surface area contributed by atoms with Gasteiger partial charge in [0.15, 0.2) is 11.9 Å². The zero-order valence-corrected chi connectivity index (χ0v) is 15.7. The monoisotopic (exact) mass is 428 g/mol. The molecule has 0 saturated heterocycles. The largest absolute Gasteiger partial charge is 0.452 e. The van der Waals surface area contributed by atoms with Gasteiger partial charge in [-0.05, 0) is 24.6 Å². The summed E-state index contributed by atoms with van der Waals surface area (Å²) in [4.78, 5) is 24.1. The van der Waals surface area contributed by atoms with Gasteiger partial charge in [0.25, 0.3) is 6.02 Å². The van der Waals surface area contributed by atoms with Crippen LogP contribution in [0.2, 0.25) is 0 Å². The molecule has 160 valence electrons. The Morgan fingerprint density at radius 1 is 1.30 bits per heavy atom. The number of amidine groups is 1. The molecule has 6 nitrogen and oxygen atoms in total. The molecule has 0 bridgehead atoms. The highest BCUT2D eigenvalue weighted by molar-refractivity contribution is 5.96. The SMILES string of the molecule is Cc1nccnc1C(=O)Cc1ccc(F)c([C@]2(CF)C[C@@H](C(F)(F)F)OC(N)=N2)c1. The van der Waals surface area contributed by atoms with Crippen LogP contribution >= 0.6 is 0 Å². The van der Waals surface area contributed by atoms with Gasteiger partial charge in [-0.3, -0.25) is 9.78 Å². The molecule has 0 fully saturated rings. The number of aliphatic imine (C=N–C) groups is 1. The van der Waals surface area contributed by atoms with E-state index in [1.807, 2.05) is 0 Å². The molecule has 2 aromatic rings. The number of nitrogens with zero attached hydrogens (tertiary/aromatic N) is 3. The van der Waals surface area contributed by atoms with Gasteiger partial charge in [0.1, 0.15) is 23.7 Å². The number of carbonyl (C=O) groups excluding carboxylic acids is 1. The molecule has 2 atom stereocenters. The quantitative estimate of drug-likeness (QED) is 0.584. The van der Waals surface area contributed by atoms with Gasteiger partial charge in [0, 0.05) is 30.8 Å². The van der Waals surface area contributed by atoms with Crippen molar-refractivity contribution in [1.29, 1.82) is 0 Å². The molecule has 2 heterocycles. The summed E-state index contributed by atoms with van der Waals surface area (Å²) < 4.78 is 72.6. The van der Waals surface area contributed by atoms with E-state index in [2.05, 4.69) is 19.7 Å². The summed E-state index contributed by atoms with van der Waals surface area (Å²) in [6.45, 7) is 0.145. The Bertz CT molecular complexity index is 995. The fourth-order valence-corrected chi connectivity index (χ4v) is 3.28. The van der Waals surface area contributed by atoms with Crippen LogP contribution in [0.1, 0.15) is 33.7 Å². The number of rotatable bonds is 5. The minimum absolute atomic E-state index is 0.106. The lowest BCUT2D eigenvalue weighted by Gasteiger charge is -2.36. The zero-order chi connectivity index (χ0) is 22.1. The summed E-state index contributed by atoms with van der Waals surface area (Å²) in [5.74, 6) is -1.41. The van der Waals surface area contributed by atoms with Crippen LogP contribution in [0, 0.1) is 12.7 Å². The van der Waals surface area contributed by atoms with Crippen molar-refractivity contribution >= 4 is 11.8 Å². The van der Waals surface area contributed by atoms with Gasteiger partial charge in [-0.2, -0.15) is 13.2 Å². The van der Waals surface area contributed by atoms with Crippen molar-refractivity contribution in [2.75, 3.05) is 6.67 Å². The standard InChI is InChI=1S/C19H17F5N4O2/c1-10-16(27-5-4-26-10)14(29)7-11-2-3-13(21)12(6-11)18(9-20)8-15(19(22,23)24)30-17(25)28-18/h2-6,15H,7-9H2,1H3,(H2,25,28)/t15-,18+/m0/s1. The van der Waals surface area contributed by atoms with Gasteiger partial charge in [-0.1, -0.05) is 6.07 Å². The topological polar surface area (TPSA) is 90.5 Å². The first kappa shape index (κ1) is 21.6. The first-order valence-corrected chi connectivity index (χ1v) is 8.80. The van der Waals surface area contributed by atoms with Gasteiger partial charge in [0.2, 0.25) is 0 Å². The van der Waals surface area contributed by atoms with Crippen LogP contribution in [0.25, 0.3) is 0 Å². The first-order valence-electron chi connectivity index (χ1n) is 8.80. The maximum absolute atomic E-state index is 14.6. The predicted molar refractivity (Wildman–Crippen MR) is 96.0 cm³/mol. The molecule has 11 heteroatoms. The number of hydrogen-bond acceptors (Lipinski definition) is 6. The molecular formula is C19H17F5N4O2. The molecule has 0 aliphatic carbocycles. The Balaban J connectivity index is 1.98. The minimum atomic E-state index is -4.85. The number of hydrogen-bond donors (Lipinski definition) is 1. The zero-order valence-electron chi connectivity index (χ0n) is 15.7. The molecule has 1 aliphatic heterocycles. The van der Waals surface area contributed by atoms with E-state index in [0.29, 0.717) is 5.69 Å². The van der Waals surface area contributed by atoms with Crippen LogP contribution < -0.4 is 5.73 Å². The van der Waals surface area contributed by atoms with E-state index in [4.69, 9.17) is 5.73 Å². The second-order valence-corrected chi connectivity index (χ2v) is 6.87. The van der Waals surface area contributed by atoms with E-state index in [1.165, 1.54) is 18.5 Å². The lowest BCUT2D eigenvalue weighted by atomic mass is 9.83. The summed E-state index contributed by atoms with van der Waals surface area (Å²) in [6.07, 6.45) is -5.78. The maximum Gasteiger partial charge on any atom is 0.425 e. The Kier molecular flexibility index (Phi) is 5.73. The average molecular weight is 428 g/mol. The van der Waals surface area contributed by atoms with E-state index >= 15 is 0 Å². The second kappa shape index (κ2) is 7.96. The smallest absolute Gasteiger partial charge is 0.425 e. The van der Waals surface area contributed by atoms with Crippen molar-refractivity contribution in [2.45, 2.75) is 37.6 Å². The molecule has 0 radical (unpaired) electrons. The van der Waals surface area contributed by atoms with Gasteiger partial charge in [-0.25, -0.2) is 18.8 Å². The highest BCUT2D eigenvalue weighted by atomic mass is 19.4. The number of halogens is 5. The first-order chi connectivity index (χ1) is 14.1. The number of nitrogens with two attached hydrogens (primary N) is 1. The molecule has 30 heavy (non-hydrogen) atoms. The molecule has 2 N–H and O–H groups in total. The van der Waals surface area contributed by atoms with E-state index in [9.17, 15) is 26.7 Å². The lowest BCUT2D eigenvalue weighted by Crippen LogP contribution is -2.48. The number of carbonyl (C=O) groups is 1. The van der Waals surface area contributed by atoms with Crippen molar-refractivity contribution in [2.24, 2.45) is 10.7 Å². The summed E-state index contributed by atoms with van der Waals surface area (Å²) in [5, 5.41) is 0. The van der Waals surface area contributed by atoms with Crippen molar-refractivity contribution in [3.63, 3.8) is 0 Å². The van der Waals surface area contributed by atoms with Crippen LogP contribution in [0.4, 0.5) is 22.0 Å². The van der Waals surface area contributed by atoms with Crippen LogP contribution in [0.3, 0.4) is 0 Å². The van der Waals surface area contributed by atoms with Crippen molar-refractivity contribution in [3.8, 4) is 0 Å². The van der Waals surface area contributed by atoms with Gasteiger partial charge in [-0.15, -0.1) is 0 Å². The third-order valence-electron chi connectivity index (χ3n) is 4.74. The van der Waals surface area contributed by atoms with Gasteiger partial charge >= 0.3 is 6.18 Å². The molecule has 1 aromatic carbocycles. The molecule has 3 rings (SSSR count). The van der Waals surface area contributed by atoms with Crippen LogP contribution in [0.15, 0.2) is 35.6 Å². The van der Waals surface area contributed by atoms with Crippen LogP contribution in [-0.4, -0.2) is 40.7 Å². The highest BCUT2D eigenvalue weighted by Gasteiger charge is 2.52. The molecule has 1 aliphatic rings. The molecule has 0 spiro atoms. The second-order valence-electron chi connectivity index (χ2n) is 6.87. The van der Waals surface area contributed by atoms with E-state index < -0.39 is 54.1 Å². The summed E-state index contributed by atoms with van der Waals surface area (Å²) >= 11 is 0. The number of ether oxygens (including phenoxy) is 1. The van der Waals surface area contributed by atoms with Crippen molar-refractivity contribution in [1.82, 2.24) is 9.97 Å². The minimum Gasteiger partial charge on any atom is -0.452 e. The molecule has 0 unspecified atom stereocenters. The Labute approximate surface area is 168 Å². The van der Waals surface area contributed by atoms with Crippen molar-refractivity contribution in [3.05, 3.63) is 58.9 Å². The fourth-order valence-electron chi connectivity index (χ4n) is 3.28. The predicted octanol–water partition coefficient (Wildman–Crippen LogP) is 3.18. The van der Waals surface area contributed by atoms with E-state index in [-0.39, 0.29) is 17.7 Å². The van der Waals surface area contributed by atoms with E-state index in [1.54, 1.807) is 6.92 Å². The molecule has 0 amide bonds. The summed E-state index contributed by atoms with van der Waals surface area (Å²) in [7, 11) is 0. The molecular weight excluding hydrogens is 411 g/mol. The average Bonchev–Trinajstić information content (AvgIpc) is 2.68. The number of aryl methyl sites for hydroxylation is 1. The number of ketones is 1. The third kappa shape index (κ3) is 4.24. The van der Waals surface area contributed by atoms with E-state index in [0.717, 1.165) is 12.1 Å². The number of aromatic nitrogens is 2. The highest BCUT2D eigenvalue weighted by Crippen LogP contribution is 2.41. The van der Waals surface area contributed by atoms with Crippen LogP contribution in [0.5, 0.6) is 0 Å². The lowest BCUT2D eigenvalue weighted by molar-refractivity contribution is -0.209. The maximum atomic E-state index is 14.6. The summed E-state index contributed by atoms with van der Waals surface area (Å²) in [5.41, 5.74) is 3.42. The van der Waals surface area contributed by atoms with Gasteiger partial charge in [0.05, 0.1) is 5.69 Å². The van der Waals surface area contributed by atoms with Crippen LogP contribution in [-0.2, 0) is 16.7 Å². The number of alkyl halides is 4. The van der Waals surface area contributed by atoms with Gasteiger partial charge < -0.3 is 10.5 Å². The molecule has 0 saturated carbocycles. The normalized spacial score (nSPS) is 21.7. The molecule has 1 aromatic heterocycles. The number of benzene rings is 1. The third-order valence-corrected chi connectivity index (χ3v) is 4.74. The Morgan fingerprint density at radius 2 is 2.00 bits per heavy atom.